The third-order valence-corrected chi connectivity index (χ3v) is 5.97. The molecule has 4 heteroatoms. The summed E-state index contributed by atoms with van der Waals surface area (Å²) in [4.78, 5) is 17.3. The molecule has 2 saturated heterocycles. The van der Waals surface area contributed by atoms with Crippen LogP contribution in [-0.4, -0.2) is 60.6 Å². The number of hydrogen-bond donors (Lipinski definition) is 0. The van der Waals surface area contributed by atoms with Gasteiger partial charge < -0.3 is 9.64 Å². The van der Waals surface area contributed by atoms with Gasteiger partial charge in [-0.25, -0.2) is 0 Å². The molecule has 0 N–H and O–H groups in total. The summed E-state index contributed by atoms with van der Waals surface area (Å²) in [6, 6.07) is 10.1. The first-order valence-electron chi connectivity index (χ1n) is 9.40. The summed E-state index contributed by atoms with van der Waals surface area (Å²) in [5, 5.41) is 0. The molecule has 1 spiro atoms. The number of nitrogens with zero attached hydrogens (tertiary/aromatic N) is 2. The standard InChI is InChI=1S/C20H28N2O2/c23-19(14-17-4-2-1-3-5-17)21-10-8-20(9-11-21)16-24-13-12-22(20)15-18-6-7-18/h1-5,18H,6-16H2. The summed E-state index contributed by atoms with van der Waals surface area (Å²) in [6.45, 7) is 5.76. The minimum Gasteiger partial charge on any atom is -0.378 e. The van der Waals surface area contributed by atoms with Gasteiger partial charge in [-0.3, -0.25) is 9.69 Å². The zero-order valence-corrected chi connectivity index (χ0v) is 14.5. The van der Waals surface area contributed by atoms with E-state index in [0.29, 0.717) is 6.42 Å². The molecule has 130 valence electrons. The predicted octanol–water partition coefficient (Wildman–Crippen LogP) is 2.33. The highest BCUT2D eigenvalue weighted by atomic mass is 16.5. The second-order valence-electron chi connectivity index (χ2n) is 7.71. The molecule has 0 radical (unpaired) electrons. The van der Waals surface area contributed by atoms with Gasteiger partial charge in [-0.1, -0.05) is 30.3 Å². The summed E-state index contributed by atoms with van der Waals surface area (Å²) >= 11 is 0. The molecule has 4 nitrogen and oxygen atoms in total. The van der Waals surface area contributed by atoms with Crippen molar-refractivity contribution in [3.8, 4) is 0 Å². The molecule has 1 saturated carbocycles. The summed E-state index contributed by atoms with van der Waals surface area (Å²) in [7, 11) is 0. The van der Waals surface area contributed by atoms with E-state index in [1.807, 2.05) is 30.3 Å². The Bertz CT molecular complexity index is 562. The van der Waals surface area contributed by atoms with Gasteiger partial charge in [0.05, 0.1) is 19.6 Å². The third-order valence-electron chi connectivity index (χ3n) is 5.97. The van der Waals surface area contributed by atoms with Gasteiger partial charge in [-0.15, -0.1) is 0 Å². The molecule has 3 fully saturated rings. The largest absolute Gasteiger partial charge is 0.378 e. The average molecular weight is 328 g/mol. The molecule has 3 aliphatic rings. The lowest BCUT2D eigenvalue weighted by molar-refractivity contribution is -0.138. The van der Waals surface area contributed by atoms with Crippen molar-refractivity contribution in [1.82, 2.24) is 9.80 Å². The highest BCUT2D eigenvalue weighted by molar-refractivity contribution is 5.78. The van der Waals surface area contributed by atoms with Crippen molar-refractivity contribution in [2.24, 2.45) is 5.92 Å². The number of rotatable bonds is 4. The summed E-state index contributed by atoms with van der Waals surface area (Å²) < 4.78 is 5.84. The first-order valence-corrected chi connectivity index (χ1v) is 9.40. The number of ether oxygens (including phenoxy) is 1. The van der Waals surface area contributed by atoms with E-state index in [1.54, 1.807) is 0 Å². The van der Waals surface area contributed by atoms with Crippen LogP contribution in [0.15, 0.2) is 30.3 Å². The minimum absolute atomic E-state index is 0.185. The smallest absolute Gasteiger partial charge is 0.226 e. The van der Waals surface area contributed by atoms with Gasteiger partial charge in [0, 0.05) is 31.7 Å². The topological polar surface area (TPSA) is 32.8 Å². The fourth-order valence-corrected chi connectivity index (χ4v) is 4.18. The van der Waals surface area contributed by atoms with E-state index in [9.17, 15) is 4.79 Å². The van der Waals surface area contributed by atoms with Gasteiger partial charge in [-0.2, -0.15) is 0 Å². The average Bonchev–Trinajstić information content (AvgIpc) is 3.43. The summed E-state index contributed by atoms with van der Waals surface area (Å²) in [5.74, 6) is 1.18. The zero-order chi connectivity index (χ0) is 16.4. The van der Waals surface area contributed by atoms with E-state index >= 15 is 0 Å². The van der Waals surface area contributed by atoms with Crippen LogP contribution in [-0.2, 0) is 16.0 Å². The molecule has 2 aliphatic heterocycles. The highest BCUT2D eigenvalue weighted by Gasteiger charge is 2.44. The van der Waals surface area contributed by atoms with Crippen molar-refractivity contribution < 1.29 is 9.53 Å². The Morgan fingerprint density at radius 1 is 1.12 bits per heavy atom. The van der Waals surface area contributed by atoms with Crippen LogP contribution in [0.2, 0.25) is 0 Å². The summed E-state index contributed by atoms with van der Waals surface area (Å²) in [6.07, 6.45) is 5.43. The minimum atomic E-state index is 0.185. The van der Waals surface area contributed by atoms with Gasteiger partial charge in [0.1, 0.15) is 0 Å². The SMILES string of the molecule is O=C(Cc1ccccc1)N1CCC2(CC1)COCCN2CC1CC1. The fraction of sp³-hybridized carbons (Fsp3) is 0.650. The Labute approximate surface area is 144 Å². The van der Waals surface area contributed by atoms with Crippen LogP contribution < -0.4 is 0 Å². The maximum atomic E-state index is 12.6. The van der Waals surface area contributed by atoms with Crippen molar-refractivity contribution in [3.63, 3.8) is 0 Å². The lowest BCUT2D eigenvalue weighted by atomic mass is 9.85. The molecule has 0 bridgehead atoms. The fourth-order valence-electron chi connectivity index (χ4n) is 4.18. The molecule has 1 aliphatic carbocycles. The van der Waals surface area contributed by atoms with E-state index in [1.165, 1.54) is 19.4 Å². The van der Waals surface area contributed by atoms with Crippen LogP contribution in [0.25, 0.3) is 0 Å². The van der Waals surface area contributed by atoms with Gasteiger partial charge in [0.2, 0.25) is 5.91 Å². The van der Waals surface area contributed by atoms with Crippen LogP contribution in [0.5, 0.6) is 0 Å². The van der Waals surface area contributed by atoms with Crippen LogP contribution in [0.4, 0.5) is 0 Å². The van der Waals surface area contributed by atoms with Crippen LogP contribution in [0, 0.1) is 5.92 Å². The molecule has 0 atom stereocenters. The van der Waals surface area contributed by atoms with Crippen molar-refractivity contribution in [3.05, 3.63) is 35.9 Å². The Morgan fingerprint density at radius 3 is 2.58 bits per heavy atom. The molecule has 4 rings (SSSR count). The van der Waals surface area contributed by atoms with Crippen molar-refractivity contribution in [2.45, 2.75) is 37.6 Å². The van der Waals surface area contributed by atoms with Gasteiger partial charge in [0.15, 0.2) is 0 Å². The van der Waals surface area contributed by atoms with E-state index in [0.717, 1.165) is 57.2 Å². The lowest BCUT2D eigenvalue weighted by Gasteiger charge is -2.51. The molecule has 1 amide bonds. The van der Waals surface area contributed by atoms with Crippen molar-refractivity contribution in [1.29, 1.82) is 0 Å². The number of carbonyl (C=O) groups excluding carboxylic acids is 1. The van der Waals surface area contributed by atoms with Gasteiger partial charge in [0.25, 0.3) is 0 Å². The predicted molar refractivity (Wildman–Crippen MR) is 93.8 cm³/mol. The molecule has 1 aromatic carbocycles. The molecular formula is C20H28N2O2. The zero-order valence-electron chi connectivity index (χ0n) is 14.5. The van der Waals surface area contributed by atoms with Crippen molar-refractivity contribution in [2.75, 3.05) is 39.4 Å². The second-order valence-corrected chi connectivity index (χ2v) is 7.71. The number of benzene rings is 1. The third kappa shape index (κ3) is 3.50. The molecule has 0 unspecified atom stereocenters. The number of carbonyl (C=O) groups is 1. The first kappa shape index (κ1) is 16.1. The van der Waals surface area contributed by atoms with E-state index in [4.69, 9.17) is 4.74 Å². The number of amides is 1. The number of morpholine rings is 1. The number of hydrogen-bond acceptors (Lipinski definition) is 3. The monoisotopic (exact) mass is 328 g/mol. The Kier molecular flexibility index (Phi) is 4.59. The molecule has 1 aromatic rings. The Balaban J connectivity index is 1.35. The van der Waals surface area contributed by atoms with E-state index < -0.39 is 0 Å². The van der Waals surface area contributed by atoms with Crippen LogP contribution in [0.1, 0.15) is 31.2 Å². The Morgan fingerprint density at radius 2 is 1.88 bits per heavy atom. The molecule has 24 heavy (non-hydrogen) atoms. The maximum absolute atomic E-state index is 12.6. The maximum Gasteiger partial charge on any atom is 0.226 e. The normalized spacial score (nSPS) is 24.2. The van der Waals surface area contributed by atoms with Crippen molar-refractivity contribution >= 4 is 5.91 Å². The van der Waals surface area contributed by atoms with Gasteiger partial charge in [-0.05, 0) is 37.2 Å². The number of likely N-dealkylation sites (tertiary alicyclic amines) is 1. The quantitative estimate of drug-likeness (QED) is 0.850. The molecule has 0 aromatic heterocycles. The number of piperidine rings is 1. The highest BCUT2D eigenvalue weighted by Crippen LogP contribution is 2.37. The Hall–Kier alpha value is -1.39. The molecular weight excluding hydrogens is 300 g/mol. The van der Waals surface area contributed by atoms with Gasteiger partial charge >= 0.3 is 0 Å². The second kappa shape index (κ2) is 6.85. The van der Waals surface area contributed by atoms with Crippen LogP contribution >= 0.6 is 0 Å². The van der Waals surface area contributed by atoms with E-state index in [2.05, 4.69) is 9.80 Å². The van der Waals surface area contributed by atoms with Crippen LogP contribution in [0.3, 0.4) is 0 Å². The van der Waals surface area contributed by atoms with E-state index in [-0.39, 0.29) is 11.4 Å². The lowest BCUT2D eigenvalue weighted by Crippen LogP contribution is -2.62. The molecule has 2 heterocycles. The summed E-state index contributed by atoms with van der Waals surface area (Å²) in [5.41, 5.74) is 1.30. The first-order chi connectivity index (χ1) is 11.8.